The molecule has 0 saturated carbocycles. The van der Waals surface area contributed by atoms with E-state index in [-0.39, 0.29) is 11.6 Å². The monoisotopic (exact) mass is 560 g/mol. The minimum Gasteiger partial charge on any atom is -0.497 e. The Kier molecular flexibility index (Phi) is 9.17. The van der Waals surface area contributed by atoms with Crippen molar-refractivity contribution in [2.24, 2.45) is 0 Å². The van der Waals surface area contributed by atoms with Gasteiger partial charge in [-0.15, -0.1) is 0 Å². The Balaban J connectivity index is 1.93. The summed E-state index contributed by atoms with van der Waals surface area (Å²) < 4.78 is 31.2. The van der Waals surface area contributed by atoms with Gasteiger partial charge in [0.1, 0.15) is 37.2 Å². The van der Waals surface area contributed by atoms with E-state index in [0.29, 0.717) is 0 Å². The van der Waals surface area contributed by atoms with E-state index in [4.69, 9.17) is 31.2 Å². The highest BCUT2D eigenvalue weighted by atomic mass is 28.4. The fraction of sp³-hybridized carbons (Fsp3) is 0.438. The minimum atomic E-state index is -2.29. The summed E-state index contributed by atoms with van der Waals surface area (Å²) in [6.07, 6.45) is -1.93. The zero-order valence-corrected chi connectivity index (χ0v) is 25.6. The average molecular weight is 561 g/mol. The number of ether oxygens (including phenoxy) is 4. The van der Waals surface area contributed by atoms with Crippen molar-refractivity contribution in [3.8, 4) is 11.5 Å². The third kappa shape index (κ3) is 5.87. The SMILES string of the molecule is [B][C@@H]1O[C@H](CO)C(OC(c2ccccc2)(c2ccc(OC)cc2)c2ccc(OC)cc2)C1O[Si](C)(C)C(C)(C)C. The molecule has 3 aromatic rings. The number of rotatable bonds is 10. The third-order valence-corrected chi connectivity index (χ3v) is 12.7. The standard InChI is InChI=1S/C32H41BO6Si/c1-31(2,3)40(6,7)39-29-28(27(21-34)37-30(29)33)38-32(22-11-9-8-10-12-22,23-13-17-25(35-4)18-14-23)24-15-19-26(36-5)20-16-24/h8-20,27-30,34H,21H2,1-7H3/t27-,28?,29?,30-/m1/s1. The van der Waals surface area contributed by atoms with Crippen molar-refractivity contribution in [2.45, 2.75) is 68.8 Å². The molecule has 1 aliphatic heterocycles. The number of aliphatic hydroxyl groups is 1. The average Bonchev–Trinajstić information content (AvgIpc) is 3.24. The predicted octanol–water partition coefficient (Wildman–Crippen LogP) is 5.66. The molecule has 3 aromatic carbocycles. The van der Waals surface area contributed by atoms with Crippen LogP contribution in [0.3, 0.4) is 0 Å². The van der Waals surface area contributed by atoms with Crippen molar-refractivity contribution in [3.05, 3.63) is 95.6 Å². The summed E-state index contributed by atoms with van der Waals surface area (Å²) in [6.45, 7) is 10.7. The van der Waals surface area contributed by atoms with Gasteiger partial charge in [0, 0.05) is 6.00 Å². The fourth-order valence-electron chi connectivity index (χ4n) is 4.93. The molecule has 0 aromatic heterocycles. The topological polar surface area (TPSA) is 66.4 Å². The number of hydrogen-bond donors (Lipinski definition) is 1. The largest absolute Gasteiger partial charge is 0.497 e. The maximum Gasteiger partial charge on any atom is 0.192 e. The molecule has 0 aliphatic carbocycles. The molecule has 212 valence electrons. The van der Waals surface area contributed by atoms with Crippen LogP contribution in [-0.2, 0) is 19.5 Å². The molecule has 2 unspecified atom stereocenters. The van der Waals surface area contributed by atoms with Crippen molar-refractivity contribution in [2.75, 3.05) is 20.8 Å². The molecule has 1 fully saturated rings. The van der Waals surface area contributed by atoms with Crippen LogP contribution in [0.4, 0.5) is 0 Å². The van der Waals surface area contributed by atoms with Gasteiger partial charge in [-0.25, -0.2) is 0 Å². The van der Waals surface area contributed by atoms with Crippen molar-refractivity contribution < 1.29 is 28.5 Å². The first-order valence-corrected chi connectivity index (χ1v) is 16.6. The second kappa shape index (κ2) is 12.1. The van der Waals surface area contributed by atoms with Crippen LogP contribution in [0.15, 0.2) is 78.9 Å². The maximum atomic E-state index is 10.4. The van der Waals surface area contributed by atoms with Gasteiger partial charge in [-0.3, -0.25) is 0 Å². The summed E-state index contributed by atoms with van der Waals surface area (Å²) in [5.41, 5.74) is 1.58. The zero-order chi connectivity index (χ0) is 29.1. The molecule has 1 aliphatic rings. The molecule has 1 heterocycles. The molecule has 0 amide bonds. The van der Waals surface area contributed by atoms with Gasteiger partial charge >= 0.3 is 0 Å². The maximum absolute atomic E-state index is 10.4. The summed E-state index contributed by atoms with van der Waals surface area (Å²) in [4.78, 5) is 0. The lowest BCUT2D eigenvalue weighted by Crippen LogP contribution is -2.52. The summed E-state index contributed by atoms with van der Waals surface area (Å²) in [5, 5.41) is 10.4. The van der Waals surface area contributed by atoms with Crippen LogP contribution >= 0.6 is 0 Å². The lowest BCUT2D eigenvalue weighted by Gasteiger charge is -2.43. The fourth-order valence-corrected chi connectivity index (χ4v) is 6.23. The first-order valence-electron chi connectivity index (χ1n) is 13.7. The number of benzene rings is 3. The predicted molar refractivity (Wildman–Crippen MR) is 161 cm³/mol. The molecule has 0 spiro atoms. The van der Waals surface area contributed by atoms with Crippen molar-refractivity contribution >= 4 is 16.2 Å². The van der Waals surface area contributed by atoms with E-state index in [1.54, 1.807) is 14.2 Å². The van der Waals surface area contributed by atoms with E-state index in [9.17, 15) is 5.11 Å². The number of hydrogen-bond acceptors (Lipinski definition) is 6. The molecule has 0 bridgehead atoms. The van der Waals surface area contributed by atoms with Crippen molar-refractivity contribution in [1.82, 2.24) is 0 Å². The Morgan fingerprint density at radius 3 is 1.68 bits per heavy atom. The van der Waals surface area contributed by atoms with Crippen LogP contribution < -0.4 is 9.47 Å². The van der Waals surface area contributed by atoms with E-state index < -0.39 is 38.2 Å². The second-order valence-electron chi connectivity index (χ2n) is 11.8. The first-order chi connectivity index (χ1) is 19.0. The summed E-state index contributed by atoms with van der Waals surface area (Å²) in [5.74, 6) is 1.47. The van der Waals surface area contributed by atoms with E-state index in [1.807, 2.05) is 78.9 Å². The normalized spacial score (nSPS) is 21.8. The lowest BCUT2D eigenvalue weighted by molar-refractivity contribution is -0.110. The third-order valence-electron chi connectivity index (χ3n) is 8.25. The Morgan fingerprint density at radius 1 is 0.775 bits per heavy atom. The Hall–Kier alpha value is -2.62. The Labute approximate surface area is 241 Å². The van der Waals surface area contributed by atoms with Gasteiger partial charge in [0.2, 0.25) is 0 Å². The number of methoxy groups -OCH3 is 2. The quantitative estimate of drug-likeness (QED) is 0.255. The molecule has 1 saturated heterocycles. The van der Waals surface area contributed by atoms with Gasteiger partial charge in [-0.1, -0.05) is 75.4 Å². The molecular formula is C32H41BO6Si. The molecule has 2 radical (unpaired) electrons. The summed E-state index contributed by atoms with van der Waals surface area (Å²) >= 11 is 0. The smallest absolute Gasteiger partial charge is 0.192 e. The van der Waals surface area contributed by atoms with Gasteiger partial charge in [0.15, 0.2) is 8.32 Å². The molecule has 4 atom stereocenters. The minimum absolute atomic E-state index is 0.0585. The Bertz CT molecular complexity index is 1180. The van der Waals surface area contributed by atoms with E-state index in [0.717, 1.165) is 28.2 Å². The van der Waals surface area contributed by atoms with Crippen molar-refractivity contribution in [1.29, 1.82) is 0 Å². The van der Waals surface area contributed by atoms with Gasteiger partial charge in [0.05, 0.1) is 26.9 Å². The highest BCUT2D eigenvalue weighted by Crippen LogP contribution is 2.46. The van der Waals surface area contributed by atoms with Crippen LogP contribution in [0.5, 0.6) is 11.5 Å². The van der Waals surface area contributed by atoms with Gasteiger partial charge in [-0.05, 0) is 59.1 Å². The summed E-state index contributed by atoms with van der Waals surface area (Å²) in [7, 11) is 7.55. The van der Waals surface area contributed by atoms with Crippen LogP contribution in [0.2, 0.25) is 18.1 Å². The Morgan fingerprint density at radius 2 is 1.25 bits per heavy atom. The molecule has 4 rings (SSSR count). The van der Waals surface area contributed by atoms with Gasteiger partial charge < -0.3 is 28.5 Å². The first kappa shape index (κ1) is 30.3. The molecule has 6 nitrogen and oxygen atoms in total. The van der Waals surface area contributed by atoms with Crippen LogP contribution in [0.1, 0.15) is 37.5 Å². The molecule has 1 N–H and O–H groups in total. The molecule has 8 heteroatoms. The second-order valence-corrected chi connectivity index (χ2v) is 16.5. The van der Waals surface area contributed by atoms with Crippen LogP contribution in [0, 0.1) is 0 Å². The van der Waals surface area contributed by atoms with Crippen molar-refractivity contribution in [3.63, 3.8) is 0 Å². The van der Waals surface area contributed by atoms with Crippen LogP contribution in [-0.4, -0.2) is 66.4 Å². The molecular weight excluding hydrogens is 519 g/mol. The highest BCUT2D eigenvalue weighted by Gasteiger charge is 2.52. The lowest BCUT2D eigenvalue weighted by atomic mass is 9.79. The highest BCUT2D eigenvalue weighted by molar-refractivity contribution is 6.74. The number of aliphatic hydroxyl groups excluding tert-OH is 1. The summed E-state index contributed by atoms with van der Waals surface area (Å²) in [6, 6.07) is 25.0. The van der Waals surface area contributed by atoms with Gasteiger partial charge in [0.25, 0.3) is 0 Å². The zero-order valence-electron chi connectivity index (χ0n) is 24.6. The van der Waals surface area contributed by atoms with E-state index in [2.05, 4.69) is 33.9 Å². The van der Waals surface area contributed by atoms with E-state index in [1.165, 1.54) is 0 Å². The van der Waals surface area contributed by atoms with Gasteiger partial charge in [-0.2, -0.15) is 0 Å². The van der Waals surface area contributed by atoms with Crippen LogP contribution in [0.25, 0.3) is 0 Å². The molecule has 40 heavy (non-hydrogen) atoms. The van der Waals surface area contributed by atoms with E-state index >= 15 is 0 Å².